The number of aromatic nitrogens is 4. The first-order valence-electron chi connectivity index (χ1n) is 7.33. The largest absolute Gasteiger partial charge is 0.369 e. The van der Waals surface area contributed by atoms with Crippen LogP contribution in [0, 0.1) is 0 Å². The third-order valence-electron chi connectivity index (χ3n) is 3.76. The van der Waals surface area contributed by atoms with Gasteiger partial charge < -0.3 is 15.6 Å². The Morgan fingerprint density at radius 3 is 2.91 bits per heavy atom. The van der Waals surface area contributed by atoms with Crippen LogP contribution >= 0.6 is 0 Å². The first kappa shape index (κ1) is 14.5. The molecule has 9 nitrogen and oxygen atoms in total. The molecule has 1 aliphatic heterocycles. The van der Waals surface area contributed by atoms with Crippen LogP contribution in [0.3, 0.4) is 0 Å². The number of hydrogen-bond donors (Lipinski definition) is 3. The number of piperidine rings is 1. The number of likely N-dealkylation sites (tertiary alicyclic amines) is 1. The zero-order valence-electron chi connectivity index (χ0n) is 12.2. The number of carbonyl (C=O) groups excluding carboxylic acids is 1. The standard InChI is InChI=1S/C13H19N7O2/c14-13-17-11-10(12(22)18-13)16-8-20(11)6-9(21)15-7-19-4-2-1-3-5-19/h8H,1-7H2,(H,15,21)(H3,14,17,18,22). The number of aromatic amines is 1. The molecule has 9 heteroatoms. The fourth-order valence-electron chi connectivity index (χ4n) is 2.61. The van der Waals surface area contributed by atoms with Crippen LogP contribution in [-0.4, -0.2) is 50.1 Å². The van der Waals surface area contributed by atoms with Gasteiger partial charge in [0.1, 0.15) is 6.54 Å². The second kappa shape index (κ2) is 6.14. The van der Waals surface area contributed by atoms with E-state index in [0.717, 1.165) is 13.1 Å². The van der Waals surface area contributed by atoms with E-state index in [0.29, 0.717) is 12.3 Å². The molecule has 0 saturated carbocycles. The monoisotopic (exact) mass is 305 g/mol. The molecule has 1 aliphatic rings. The molecule has 0 radical (unpaired) electrons. The Morgan fingerprint density at radius 2 is 2.14 bits per heavy atom. The Labute approximate surface area is 126 Å². The SMILES string of the molecule is Nc1nc2c(ncn2CC(=O)NCN2CCCCC2)c(=O)[nH]1. The van der Waals surface area contributed by atoms with Crippen LogP contribution in [0.2, 0.25) is 0 Å². The first-order chi connectivity index (χ1) is 10.6. The van der Waals surface area contributed by atoms with E-state index < -0.39 is 5.56 Å². The summed E-state index contributed by atoms with van der Waals surface area (Å²) < 4.78 is 1.52. The van der Waals surface area contributed by atoms with Crippen LogP contribution in [0.15, 0.2) is 11.1 Å². The number of nitrogens with zero attached hydrogens (tertiary/aromatic N) is 4. The van der Waals surface area contributed by atoms with Crippen LogP contribution < -0.4 is 16.6 Å². The smallest absolute Gasteiger partial charge is 0.280 e. The summed E-state index contributed by atoms with van der Waals surface area (Å²) in [6.45, 7) is 2.63. The van der Waals surface area contributed by atoms with Crippen molar-refractivity contribution in [1.29, 1.82) is 0 Å². The minimum Gasteiger partial charge on any atom is -0.369 e. The molecule has 118 valence electrons. The van der Waals surface area contributed by atoms with E-state index in [2.05, 4.69) is 25.2 Å². The molecule has 2 aromatic rings. The highest BCUT2D eigenvalue weighted by molar-refractivity contribution is 5.78. The molecule has 0 aromatic carbocycles. The summed E-state index contributed by atoms with van der Waals surface area (Å²) in [4.78, 5) is 36.3. The zero-order valence-corrected chi connectivity index (χ0v) is 12.2. The summed E-state index contributed by atoms with van der Waals surface area (Å²) in [5.41, 5.74) is 5.61. The van der Waals surface area contributed by atoms with Crippen LogP contribution in [0.25, 0.3) is 11.2 Å². The number of amides is 1. The molecular weight excluding hydrogens is 286 g/mol. The van der Waals surface area contributed by atoms with E-state index in [-0.39, 0.29) is 23.9 Å². The summed E-state index contributed by atoms with van der Waals surface area (Å²) in [7, 11) is 0. The number of anilines is 1. The van der Waals surface area contributed by atoms with Gasteiger partial charge in [0.15, 0.2) is 11.2 Å². The van der Waals surface area contributed by atoms with Crippen molar-refractivity contribution >= 4 is 23.0 Å². The lowest BCUT2D eigenvalue weighted by atomic mass is 10.1. The summed E-state index contributed by atoms with van der Waals surface area (Å²) in [6.07, 6.45) is 5.03. The topological polar surface area (TPSA) is 122 Å². The van der Waals surface area contributed by atoms with Crippen molar-refractivity contribution in [2.75, 3.05) is 25.5 Å². The second-order valence-electron chi connectivity index (χ2n) is 5.43. The molecule has 1 saturated heterocycles. The molecule has 4 N–H and O–H groups in total. The molecule has 0 atom stereocenters. The van der Waals surface area contributed by atoms with E-state index in [4.69, 9.17) is 5.73 Å². The molecule has 0 bridgehead atoms. The maximum atomic E-state index is 12.0. The number of imidazole rings is 1. The van der Waals surface area contributed by atoms with Gasteiger partial charge in [-0.25, -0.2) is 4.98 Å². The summed E-state index contributed by atoms with van der Waals surface area (Å²) >= 11 is 0. The predicted molar refractivity (Wildman–Crippen MR) is 81.0 cm³/mol. The number of rotatable bonds is 4. The number of nitrogens with one attached hydrogen (secondary N) is 2. The van der Waals surface area contributed by atoms with Crippen molar-refractivity contribution in [1.82, 2.24) is 29.7 Å². The maximum Gasteiger partial charge on any atom is 0.280 e. The van der Waals surface area contributed by atoms with Crippen LogP contribution in [0.5, 0.6) is 0 Å². The van der Waals surface area contributed by atoms with Gasteiger partial charge in [-0.2, -0.15) is 4.98 Å². The quantitative estimate of drug-likeness (QED) is 0.684. The maximum absolute atomic E-state index is 12.0. The molecule has 0 aliphatic carbocycles. The number of nitrogens with two attached hydrogens (primary N) is 1. The Bertz CT molecular complexity index is 730. The molecule has 0 unspecified atom stereocenters. The van der Waals surface area contributed by atoms with Crippen LogP contribution in [0.1, 0.15) is 19.3 Å². The minimum atomic E-state index is -0.407. The van der Waals surface area contributed by atoms with Crippen molar-refractivity contribution in [3.63, 3.8) is 0 Å². The van der Waals surface area contributed by atoms with Gasteiger partial charge in [-0.15, -0.1) is 0 Å². The van der Waals surface area contributed by atoms with E-state index in [1.165, 1.54) is 30.2 Å². The lowest BCUT2D eigenvalue weighted by molar-refractivity contribution is -0.122. The minimum absolute atomic E-state index is 0.00738. The Hall–Kier alpha value is -2.42. The number of nitrogen functional groups attached to an aromatic ring is 1. The van der Waals surface area contributed by atoms with E-state index in [1.807, 2.05) is 0 Å². The van der Waals surface area contributed by atoms with Gasteiger partial charge in [0.2, 0.25) is 11.9 Å². The summed E-state index contributed by atoms with van der Waals surface area (Å²) in [5.74, 6) is -0.140. The van der Waals surface area contributed by atoms with E-state index >= 15 is 0 Å². The fourth-order valence-corrected chi connectivity index (χ4v) is 2.61. The van der Waals surface area contributed by atoms with Gasteiger partial charge in [0.25, 0.3) is 5.56 Å². The predicted octanol–water partition coefficient (Wildman–Crippen LogP) is -0.739. The molecule has 22 heavy (non-hydrogen) atoms. The average molecular weight is 305 g/mol. The van der Waals surface area contributed by atoms with Crippen molar-refractivity contribution in [2.45, 2.75) is 25.8 Å². The van der Waals surface area contributed by atoms with Gasteiger partial charge >= 0.3 is 0 Å². The van der Waals surface area contributed by atoms with Crippen LogP contribution in [0.4, 0.5) is 5.95 Å². The number of carbonyl (C=O) groups is 1. The fraction of sp³-hybridized carbons (Fsp3) is 0.538. The lowest BCUT2D eigenvalue weighted by Gasteiger charge is -2.26. The molecule has 1 fully saturated rings. The van der Waals surface area contributed by atoms with E-state index in [9.17, 15) is 9.59 Å². The average Bonchev–Trinajstić information content (AvgIpc) is 2.89. The third-order valence-corrected chi connectivity index (χ3v) is 3.76. The number of fused-ring (bicyclic) bond motifs is 1. The number of H-pyrrole nitrogens is 1. The Morgan fingerprint density at radius 1 is 1.36 bits per heavy atom. The zero-order chi connectivity index (χ0) is 15.5. The molecular formula is C13H19N7O2. The van der Waals surface area contributed by atoms with Gasteiger partial charge in [0.05, 0.1) is 13.0 Å². The van der Waals surface area contributed by atoms with E-state index in [1.54, 1.807) is 0 Å². The van der Waals surface area contributed by atoms with Crippen molar-refractivity contribution in [3.05, 3.63) is 16.7 Å². The molecule has 1 amide bonds. The van der Waals surface area contributed by atoms with Crippen LogP contribution in [-0.2, 0) is 11.3 Å². The molecule has 0 spiro atoms. The first-order valence-corrected chi connectivity index (χ1v) is 7.33. The molecule has 3 heterocycles. The van der Waals surface area contributed by atoms with Gasteiger partial charge in [-0.1, -0.05) is 6.42 Å². The third kappa shape index (κ3) is 3.08. The lowest BCUT2D eigenvalue weighted by Crippen LogP contribution is -2.41. The van der Waals surface area contributed by atoms with Gasteiger partial charge in [-0.3, -0.25) is 19.5 Å². The highest BCUT2D eigenvalue weighted by Crippen LogP contribution is 2.08. The van der Waals surface area contributed by atoms with Crippen molar-refractivity contribution in [2.24, 2.45) is 0 Å². The molecule has 3 rings (SSSR count). The number of hydrogen-bond acceptors (Lipinski definition) is 6. The van der Waals surface area contributed by atoms with Crippen molar-refractivity contribution in [3.8, 4) is 0 Å². The van der Waals surface area contributed by atoms with Gasteiger partial charge in [0, 0.05) is 0 Å². The Balaban J connectivity index is 1.65. The normalized spacial score (nSPS) is 16.0. The summed E-state index contributed by atoms with van der Waals surface area (Å²) in [6, 6.07) is 0. The second-order valence-corrected chi connectivity index (χ2v) is 5.43. The highest BCUT2D eigenvalue weighted by atomic mass is 16.2. The van der Waals surface area contributed by atoms with Crippen molar-refractivity contribution < 1.29 is 4.79 Å². The Kier molecular flexibility index (Phi) is 4.05. The molecule has 2 aromatic heterocycles. The highest BCUT2D eigenvalue weighted by Gasteiger charge is 2.14. The van der Waals surface area contributed by atoms with Gasteiger partial charge in [-0.05, 0) is 25.9 Å². The summed E-state index contributed by atoms with van der Waals surface area (Å²) in [5, 5.41) is 2.88.